The zero-order valence-electron chi connectivity index (χ0n) is 25.5. The van der Waals surface area contributed by atoms with E-state index < -0.39 is 36.8 Å². The van der Waals surface area contributed by atoms with Crippen molar-refractivity contribution in [3.05, 3.63) is 126 Å². The van der Waals surface area contributed by atoms with Crippen LogP contribution in [-0.2, 0) is 14.3 Å². The monoisotopic (exact) mass is 654 g/mol. The lowest BCUT2D eigenvalue weighted by Gasteiger charge is -2.50. The quantitative estimate of drug-likeness (QED) is 0.0792. The Labute approximate surface area is 272 Å². The highest BCUT2D eigenvalue weighted by Gasteiger charge is 2.55. The van der Waals surface area contributed by atoms with Crippen molar-refractivity contribution < 1.29 is 29.0 Å². The standard InChI is InChI=1S/C36H35N2O6PS/c1-4-22-44-36(43)35(38-28(32(24(2)39)34(38)42)23-29(40)30-20-21-31(46-30)33(41)37-3)45(25-14-8-5-9-15-25,26-16-10-6-11-17-26)27-18-12-7-13-19-27/h4-21,24,28,32,39H,1,22-23H2,2-3H3,(H,37,41)/t24-,28-,32-/m1/s1. The Hall–Kier alpha value is -4.56. The molecular weight excluding hydrogens is 619 g/mol. The Balaban J connectivity index is 1.81. The summed E-state index contributed by atoms with van der Waals surface area (Å²) in [6.45, 7) is 1.95. The lowest BCUT2D eigenvalue weighted by atomic mass is 9.80. The van der Waals surface area contributed by atoms with Gasteiger partial charge in [0.1, 0.15) is 12.0 Å². The van der Waals surface area contributed by atoms with E-state index in [1.54, 1.807) is 12.1 Å². The molecule has 0 radical (unpaired) electrons. The van der Waals surface area contributed by atoms with E-state index in [0.29, 0.717) is 9.75 Å². The zero-order chi connectivity index (χ0) is 32.8. The molecule has 8 nitrogen and oxygen atoms in total. The van der Waals surface area contributed by atoms with E-state index in [1.165, 1.54) is 24.9 Å². The molecule has 0 aliphatic carbocycles. The maximum absolute atomic E-state index is 14.5. The number of carbonyl (C=O) groups is 4. The summed E-state index contributed by atoms with van der Waals surface area (Å²) in [6.07, 6.45) is 0.197. The van der Waals surface area contributed by atoms with Crippen LogP contribution in [0.25, 0.3) is 0 Å². The molecule has 10 heteroatoms. The highest BCUT2D eigenvalue weighted by atomic mass is 32.1. The van der Waals surface area contributed by atoms with Gasteiger partial charge < -0.3 is 20.1 Å². The minimum Gasteiger partial charge on any atom is -0.457 e. The fourth-order valence-corrected chi connectivity index (χ4v) is 11.3. The van der Waals surface area contributed by atoms with Crippen LogP contribution in [0.5, 0.6) is 0 Å². The number of likely N-dealkylation sites (tertiary alicyclic amines) is 1. The topological polar surface area (TPSA) is 113 Å². The molecule has 46 heavy (non-hydrogen) atoms. The second kappa shape index (κ2) is 14.3. The van der Waals surface area contributed by atoms with E-state index in [4.69, 9.17) is 4.74 Å². The van der Waals surface area contributed by atoms with Crippen LogP contribution in [0.1, 0.15) is 32.7 Å². The molecule has 1 aliphatic heterocycles. The molecule has 4 aromatic rings. The number of ether oxygens (including phenoxy) is 1. The molecule has 1 saturated heterocycles. The second-order valence-electron chi connectivity index (χ2n) is 10.8. The first-order valence-corrected chi connectivity index (χ1v) is 17.4. The number of carbonyl (C=O) groups excluding carboxylic acids is 4. The molecule has 3 aromatic carbocycles. The number of nitrogens with zero attached hydrogens (tertiary/aromatic N) is 1. The van der Waals surface area contributed by atoms with E-state index in [1.807, 2.05) is 91.0 Å². The number of hydrogen-bond acceptors (Lipinski definition) is 7. The first-order chi connectivity index (χ1) is 22.2. The van der Waals surface area contributed by atoms with Gasteiger partial charge in [0.15, 0.2) is 5.78 Å². The molecule has 2 N–H and O–H groups in total. The van der Waals surface area contributed by atoms with Crippen LogP contribution in [0.4, 0.5) is 0 Å². The number of Topliss-reactive ketones (excluding diaryl/α,β-unsaturated/α-hetero) is 1. The summed E-state index contributed by atoms with van der Waals surface area (Å²) in [6, 6.07) is 31.0. The molecule has 2 amide bonds. The van der Waals surface area contributed by atoms with E-state index in [-0.39, 0.29) is 30.1 Å². The summed E-state index contributed by atoms with van der Waals surface area (Å²) in [5.74, 6) is -2.74. The highest BCUT2D eigenvalue weighted by molar-refractivity contribution is 7.96. The fraction of sp³-hybridized carbons (Fsp3) is 0.194. The van der Waals surface area contributed by atoms with Crippen molar-refractivity contribution in [2.75, 3.05) is 13.7 Å². The van der Waals surface area contributed by atoms with Crippen LogP contribution in [-0.4, -0.2) is 64.8 Å². The maximum atomic E-state index is 14.5. The average molecular weight is 655 g/mol. The molecule has 0 saturated carbocycles. The Morgan fingerprint density at radius 1 is 0.913 bits per heavy atom. The number of esters is 1. The summed E-state index contributed by atoms with van der Waals surface area (Å²) >= 11 is 1.05. The third kappa shape index (κ3) is 6.01. The van der Waals surface area contributed by atoms with E-state index >= 15 is 0 Å². The van der Waals surface area contributed by atoms with Crippen molar-refractivity contribution in [2.45, 2.75) is 25.5 Å². The Bertz CT molecular complexity index is 1700. The minimum absolute atomic E-state index is 0.0936. The summed E-state index contributed by atoms with van der Waals surface area (Å²) < 4.78 is 5.75. The molecule has 2 heterocycles. The van der Waals surface area contributed by atoms with Gasteiger partial charge in [-0.2, -0.15) is 0 Å². The number of ketones is 1. The maximum Gasteiger partial charge on any atom is 0.356 e. The number of β-lactam (4-membered cyclic amide) rings is 1. The van der Waals surface area contributed by atoms with Crippen molar-refractivity contribution in [3.8, 4) is 0 Å². The van der Waals surface area contributed by atoms with E-state index in [9.17, 15) is 24.3 Å². The van der Waals surface area contributed by atoms with Gasteiger partial charge in [0.2, 0.25) is 5.91 Å². The molecule has 0 unspecified atom stereocenters. The summed E-state index contributed by atoms with van der Waals surface area (Å²) in [4.78, 5) is 56.7. The van der Waals surface area contributed by atoms with Crippen molar-refractivity contribution >= 4 is 63.1 Å². The molecule has 5 rings (SSSR count). The van der Waals surface area contributed by atoms with Gasteiger partial charge in [-0.05, 0) is 35.0 Å². The number of aliphatic hydroxyl groups is 1. The van der Waals surface area contributed by atoms with Crippen LogP contribution in [0.3, 0.4) is 0 Å². The lowest BCUT2D eigenvalue weighted by Crippen LogP contribution is -2.68. The van der Waals surface area contributed by atoms with E-state index in [0.717, 1.165) is 27.3 Å². The van der Waals surface area contributed by atoms with Crippen LogP contribution in [0.2, 0.25) is 0 Å². The van der Waals surface area contributed by atoms with Gasteiger partial charge in [-0.3, -0.25) is 14.4 Å². The van der Waals surface area contributed by atoms with Crippen LogP contribution in [0, 0.1) is 5.92 Å². The third-order valence-corrected chi connectivity index (χ3v) is 13.4. The van der Waals surface area contributed by atoms with Crippen LogP contribution in [0.15, 0.2) is 116 Å². The molecule has 1 aromatic heterocycles. The number of hydrogen-bond donors (Lipinski definition) is 2. The largest absolute Gasteiger partial charge is 0.457 e. The Morgan fingerprint density at radius 3 is 1.87 bits per heavy atom. The number of rotatable bonds is 12. The predicted molar refractivity (Wildman–Crippen MR) is 184 cm³/mol. The number of nitrogens with one attached hydrogen (secondary N) is 1. The van der Waals surface area contributed by atoms with Crippen molar-refractivity contribution in [1.82, 2.24) is 10.2 Å². The number of thiophene rings is 1. The predicted octanol–water partition coefficient (Wildman–Crippen LogP) is 3.74. The second-order valence-corrected chi connectivity index (χ2v) is 15.2. The summed E-state index contributed by atoms with van der Waals surface area (Å²) in [5.41, 5.74) is 0.120. The average Bonchev–Trinajstić information content (AvgIpc) is 3.58. The highest BCUT2D eigenvalue weighted by Crippen LogP contribution is 2.50. The molecule has 0 spiro atoms. The summed E-state index contributed by atoms with van der Waals surface area (Å²) in [5, 5.41) is 15.8. The fourth-order valence-electron chi connectivity index (χ4n) is 5.96. The van der Waals surface area contributed by atoms with Crippen LogP contribution < -0.4 is 21.2 Å². The van der Waals surface area contributed by atoms with Gasteiger partial charge in [-0.1, -0.05) is 104 Å². The van der Waals surface area contributed by atoms with Gasteiger partial charge in [0.05, 0.1) is 27.8 Å². The summed E-state index contributed by atoms with van der Waals surface area (Å²) in [7, 11) is 1.51. The van der Waals surface area contributed by atoms with E-state index in [2.05, 4.69) is 11.9 Å². The SMILES string of the molecule is C=CCOC(=O)C(N1C(=O)[C@H]([C@@H](C)O)[C@H]1CC(=O)c1ccc(C(=O)NC)s1)=P(c1ccccc1)(c1ccccc1)c1ccccc1. The smallest absolute Gasteiger partial charge is 0.356 e. The molecule has 0 bridgehead atoms. The van der Waals surface area contributed by atoms with Gasteiger partial charge in [0.25, 0.3) is 5.91 Å². The Kier molecular flexibility index (Phi) is 10.2. The first kappa shape index (κ1) is 32.8. The van der Waals surface area contributed by atoms with Gasteiger partial charge in [0, 0.05) is 20.4 Å². The zero-order valence-corrected chi connectivity index (χ0v) is 27.2. The normalized spacial score (nSPS) is 16.6. The van der Waals surface area contributed by atoms with Crippen LogP contribution >= 0.6 is 18.2 Å². The Morgan fingerprint density at radius 2 is 1.41 bits per heavy atom. The van der Waals surface area contributed by atoms with Gasteiger partial charge >= 0.3 is 5.97 Å². The van der Waals surface area contributed by atoms with Gasteiger partial charge in [-0.25, -0.2) is 4.79 Å². The third-order valence-electron chi connectivity index (χ3n) is 8.01. The number of aliphatic hydroxyl groups excluding tert-OH is 1. The minimum atomic E-state index is -3.17. The number of benzene rings is 3. The molecular formula is C36H35N2O6PS. The first-order valence-electron chi connectivity index (χ1n) is 14.8. The van der Waals surface area contributed by atoms with Crippen molar-refractivity contribution in [3.63, 3.8) is 0 Å². The lowest BCUT2D eigenvalue weighted by molar-refractivity contribution is -0.157. The van der Waals surface area contributed by atoms with Crippen molar-refractivity contribution in [2.24, 2.45) is 5.92 Å². The van der Waals surface area contributed by atoms with Gasteiger partial charge in [-0.15, -0.1) is 11.3 Å². The van der Waals surface area contributed by atoms with Crippen molar-refractivity contribution in [1.29, 1.82) is 0 Å². The molecule has 1 fully saturated rings. The number of amides is 2. The molecule has 3 atom stereocenters. The molecule has 1 aliphatic rings. The molecule has 236 valence electrons.